The van der Waals surface area contributed by atoms with Crippen LogP contribution in [-0.4, -0.2) is 813 Å². The standard InChI is InChI=1S/20C2H4O2.20Na.20H/c20*1-2(3)4;;;;;;;;;;;;;;;;;;;;;;;;;;;;;;;;;;;;;;;;/h20*1H3,(H,3,4);;;;;;;;;;;;;;;;;;;;;;;;;;;;;;;;;;;;;;;;. The summed E-state index contributed by atoms with van der Waals surface area (Å²) >= 11 is 0. The second kappa shape index (κ2) is 260. The summed E-state index contributed by atoms with van der Waals surface area (Å²) in [6.45, 7) is 21.7. The van der Waals surface area contributed by atoms with E-state index in [1.54, 1.807) is 0 Å². The van der Waals surface area contributed by atoms with Crippen LogP contribution < -0.4 is 0 Å². The van der Waals surface area contributed by atoms with Crippen LogP contribution in [0.4, 0.5) is 0 Å². The van der Waals surface area contributed by atoms with Crippen LogP contribution in [0.5, 0.6) is 0 Å². The molecule has 0 spiro atoms. The zero-order chi connectivity index (χ0) is 71.5. The summed E-state index contributed by atoms with van der Waals surface area (Å²) in [6.07, 6.45) is 0. The summed E-state index contributed by atoms with van der Waals surface area (Å²) in [5.74, 6) is -16.7. The molecular weight excluding hydrogens is 1580 g/mol. The Hall–Kier alpha value is 9.40. The molecule has 0 unspecified atom stereocenters. The van der Waals surface area contributed by atoms with Crippen molar-refractivity contribution < 1.29 is 198 Å². The first-order chi connectivity index (χ1) is 34.6. The number of carbonyl (C=O) groups is 20. The average Bonchev–Trinajstić information content (AvgIpc) is 2.99. The normalized spacial score (nSPS) is 5.00. The molecule has 0 saturated heterocycles. The monoisotopic (exact) mass is 1680 g/mol. The van der Waals surface area contributed by atoms with Crippen LogP contribution in [0.3, 0.4) is 0 Å². The molecule has 40 nitrogen and oxygen atoms in total. The molecule has 0 aliphatic heterocycles. The third kappa shape index (κ3) is 13800. The van der Waals surface area contributed by atoms with Crippen molar-refractivity contribution in [2.24, 2.45) is 0 Å². The van der Waals surface area contributed by atoms with Crippen LogP contribution >= 0.6 is 0 Å². The zero-order valence-corrected chi connectivity index (χ0v) is 47.1. The van der Waals surface area contributed by atoms with Gasteiger partial charge in [-0.25, -0.2) is 0 Å². The van der Waals surface area contributed by atoms with E-state index in [-0.39, 0.29) is 591 Å². The Morgan fingerprint density at radius 2 is 0.0900 bits per heavy atom. The van der Waals surface area contributed by atoms with Gasteiger partial charge in [0.25, 0.3) is 119 Å². The van der Waals surface area contributed by atoms with E-state index in [0.717, 1.165) is 138 Å². The van der Waals surface area contributed by atoms with E-state index in [2.05, 4.69) is 0 Å². The Labute approximate surface area is 1020 Å². The molecular formula is C40H100Na20O40. The van der Waals surface area contributed by atoms with Gasteiger partial charge in [0.15, 0.2) is 0 Å². The molecule has 0 amide bonds. The van der Waals surface area contributed by atoms with Gasteiger partial charge in [0.2, 0.25) is 0 Å². The molecule has 0 aromatic carbocycles. The fraction of sp³-hybridized carbons (Fsp3) is 0.500. The molecule has 0 bridgehead atoms. The Kier molecular flexibility index (Phi) is 693. The van der Waals surface area contributed by atoms with Crippen LogP contribution in [0.2, 0.25) is 0 Å². The quantitative estimate of drug-likeness (QED) is 0.100. The molecule has 0 rings (SSSR count). The fourth-order valence-electron chi connectivity index (χ4n) is 0. The van der Waals surface area contributed by atoms with Gasteiger partial charge in [-0.1, -0.05) is 0 Å². The van der Waals surface area contributed by atoms with E-state index in [1.807, 2.05) is 0 Å². The number of carboxylic acid groups (broad SMARTS) is 20. The predicted molar refractivity (Wildman–Crippen MR) is 409 cm³/mol. The fourth-order valence-corrected chi connectivity index (χ4v) is 0. The Bertz CT molecular complexity index is 1130. The van der Waals surface area contributed by atoms with Gasteiger partial charge in [-0.3, -0.25) is 95.9 Å². The van der Waals surface area contributed by atoms with Crippen LogP contribution in [0.25, 0.3) is 0 Å². The predicted octanol–water partition coefficient (Wildman–Crippen LogP) is -11.2. The number of hydrogen-bond donors (Lipinski definition) is 20. The van der Waals surface area contributed by atoms with Gasteiger partial charge in [0, 0.05) is 138 Å². The molecule has 0 radical (unpaired) electrons. The van der Waals surface area contributed by atoms with E-state index in [4.69, 9.17) is 198 Å². The van der Waals surface area contributed by atoms with Crippen molar-refractivity contribution >= 4 is 711 Å². The molecule has 0 fully saturated rings. The number of hydrogen-bond acceptors (Lipinski definition) is 20. The molecule has 0 saturated carbocycles. The summed E-state index contributed by atoms with van der Waals surface area (Å²) in [5, 5.41) is 148. The third-order valence-electron chi connectivity index (χ3n) is 0. The molecule has 0 aliphatic carbocycles. The van der Waals surface area contributed by atoms with Gasteiger partial charge < -0.3 is 102 Å². The number of carboxylic acids is 20. The maximum atomic E-state index is 9.00. The van der Waals surface area contributed by atoms with Crippen LogP contribution in [0.15, 0.2) is 0 Å². The van der Waals surface area contributed by atoms with Crippen molar-refractivity contribution in [3.05, 3.63) is 0 Å². The van der Waals surface area contributed by atoms with E-state index in [9.17, 15) is 0 Å². The Morgan fingerprint density at radius 1 is 0.0900 bits per heavy atom. The summed E-state index contributed by atoms with van der Waals surface area (Å²) in [5.41, 5.74) is 0. The van der Waals surface area contributed by atoms with Crippen molar-refractivity contribution in [1.82, 2.24) is 0 Å². The Balaban J connectivity index is -0.00000000987. The first-order valence-corrected chi connectivity index (χ1v) is 18.6. The van der Waals surface area contributed by atoms with Gasteiger partial charge in [-0.15, -0.1) is 0 Å². The minimum absolute atomic E-state index is 0. The summed E-state index contributed by atoms with van der Waals surface area (Å²) in [6, 6.07) is 0. The van der Waals surface area contributed by atoms with Gasteiger partial charge in [0.05, 0.1) is 0 Å². The summed E-state index contributed by atoms with van der Waals surface area (Å²) in [4.78, 5) is 180. The van der Waals surface area contributed by atoms with Crippen molar-refractivity contribution in [3.8, 4) is 0 Å². The second-order valence-corrected chi connectivity index (χ2v) is 10.4. The molecule has 0 heterocycles. The molecule has 100 heavy (non-hydrogen) atoms. The van der Waals surface area contributed by atoms with E-state index in [1.165, 1.54) is 0 Å². The summed E-state index contributed by atoms with van der Waals surface area (Å²) in [7, 11) is 0. The molecule has 0 atom stereocenters. The van der Waals surface area contributed by atoms with Crippen molar-refractivity contribution in [1.29, 1.82) is 0 Å². The van der Waals surface area contributed by atoms with E-state index in [0.29, 0.717) is 0 Å². The first kappa shape index (κ1) is 267. The van der Waals surface area contributed by atoms with Crippen molar-refractivity contribution in [2.45, 2.75) is 138 Å². The van der Waals surface area contributed by atoms with Crippen LogP contribution in [-0.2, 0) is 95.9 Å². The molecule has 60 heteroatoms. The molecule has 520 valence electrons. The van der Waals surface area contributed by atoms with Crippen molar-refractivity contribution in [3.63, 3.8) is 0 Å². The first-order valence-electron chi connectivity index (χ1n) is 18.6. The summed E-state index contributed by atoms with van der Waals surface area (Å²) < 4.78 is 0. The Morgan fingerprint density at radius 3 is 0.0900 bits per heavy atom. The molecule has 0 aromatic rings. The topological polar surface area (TPSA) is 746 Å². The van der Waals surface area contributed by atoms with Gasteiger partial charge in [-0.2, -0.15) is 0 Å². The van der Waals surface area contributed by atoms with E-state index >= 15 is 0 Å². The van der Waals surface area contributed by atoms with Crippen LogP contribution in [0.1, 0.15) is 138 Å². The van der Waals surface area contributed by atoms with Gasteiger partial charge in [-0.05, 0) is 0 Å². The van der Waals surface area contributed by atoms with Crippen molar-refractivity contribution in [2.75, 3.05) is 0 Å². The van der Waals surface area contributed by atoms with E-state index < -0.39 is 119 Å². The SMILES string of the molecule is CC(=O)O.CC(=O)O.CC(=O)O.CC(=O)O.CC(=O)O.CC(=O)O.CC(=O)O.CC(=O)O.CC(=O)O.CC(=O)O.CC(=O)O.CC(=O)O.CC(=O)O.CC(=O)O.CC(=O)O.CC(=O)O.CC(=O)O.CC(=O)O.CC(=O)O.CC(=O)O.[NaH].[NaH].[NaH].[NaH].[NaH].[NaH].[NaH].[NaH].[NaH].[NaH].[NaH].[NaH].[NaH].[NaH].[NaH].[NaH].[NaH].[NaH].[NaH].[NaH]. The third-order valence-corrected chi connectivity index (χ3v) is 0. The van der Waals surface area contributed by atoms with Crippen LogP contribution in [0, 0.1) is 0 Å². The van der Waals surface area contributed by atoms with Gasteiger partial charge in [0.1, 0.15) is 0 Å². The minimum atomic E-state index is -0.833. The molecule has 0 aliphatic rings. The average molecular weight is 1680 g/mol. The second-order valence-electron chi connectivity index (χ2n) is 10.4. The molecule has 20 N–H and O–H groups in total. The zero-order valence-electron chi connectivity index (χ0n) is 47.1. The van der Waals surface area contributed by atoms with Gasteiger partial charge >= 0.3 is 591 Å². The maximum absolute atomic E-state index is 9.00. The number of rotatable bonds is 0. The molecule has 0 aromatic heterocycles. The number of aliphatic carboxylic acids is 20.